The number of aromatic nitrogens is 3. The van der Waals surface area contributed by atoms with Crippen LogP contribution in [0.1, 0.15) is 37.7 Å². The third-order valence-corrected chi connectivity index (χ3v) is 2.91. The average Bonchev–Trinajstić information content (AvgIpc) is 2.75. The summed E-state index contributed by atoms with van der Waals surface area (Å²) in [5.74, 6) is -0.255. The highest BCUT2D eigenvalue weighted by Crippen LogP contribution is 2.25. The van der Waals surface area contributed by atoms with Crippen molar-refractivity contribution in [3.05, 3.63) is 47.0 Å². The highest BCUT2D eigenvalue weighted by Gasteiger charge is 2.24. The van der Waals surface area contributed by atoms with Crippen molar-refractivity contribution in [2.75, 3.05) is 0 Å². The highest BCUT2D eigenvalue weighted by atomic mass is 19.1. The van der Waals surface area contributed by atoms with Crippen LogP contribution in [0.4, 0.5) is 4.39 Å². The molecule has 1 heterocycles. The Morgan fingerprint density at radius 2 is 1.84 bits per heavy atom. The zero-order valence-electron chi connectivity index (χ0n) is 11.4. The lowest BCUT2D eigenvalue weighted by molar-refractivity contribution is 0.273. The topological polar surface area (TPSA) is 50.9 Å². The van der Waals surface area contributed by atoms with Crippen LogP contribution in [-0.2, 0) is 18.6 Å². The summed E-state index contributed by atoms with van der Waals surface area (Å²) in [5.41, 5.74) is 2.27. The van der Waals surface area contributed by atoms with Crippen molar-refractivity contribution in [3.63, 3.8) is 0 Å². The summed E-state index contributed by atoms with van der Waals surface area (Å²) in [7, 11) is 0. The number of nitrogens with zero attached hydrogens (tertiary/aromatic N) is 3. The van der Waals surface area contributed by atoms with Gasteiger partial charge in [0.05, 0.1) is 18.8 Å². The predicted molar refractivity (Wildman–Crippen MR) is 70.1 cm³/mol. The van der Waals surface area contributed by atoms with Gasteiger partial charge in [0.15, 0.2) is 0 Å². The molecule has 0 bridgehead atoms. The molecule has 5 heteroatoms. The molecule has 0 aliphatic carbocycles. The maximum atomic E-state index is 12.9. The Morgan fingerprint density at radius 3 is 2.37 bits per heavy atom. The summed E-state index contributed by atoms with van der Waals surface area (Å²) >= 11 is 0. The summed E-state index contributed by atoms with van der Waals surface area (Å²) in [4.78, 5) is 0. The fourth-order valence-corrected chi connectivity index (χ4v) is 2.15. The van der Waals surface area contributed by atoms with Crippen molar-refractivity contribution < 1.29 is 9.50 Å². The minimum Gasteiger partial charge on any atom is -0.390 e. The average molecular weight is 263 g/mol. The first kappa shape index (κ1) is 13.7. The molecule has 0 amide bonds. The first-order valence-electron chi connectivity index (χ1n) is 6.20. The van der Waals surface area contributed by atoms with E-state index < -0.39 is 0 Å². The van der Waals surface area contributed by atoms with Crippen molar-refractivity contribution in [2.45, 2.75) is 39.3 Å². The van der Waals surface area contributed by atoms with Crippen LogP contribution in [0.5, 0.6) is 0 Å². The van der Waals surface area contributed by atoms with Gasteiger partial charge in [0.1, 0.15) is 11.5 Å². The molecule has 1 aromatic carbocycles. The Balaban J connectivity index is 2.35. The summed E-state index contributed by atoms with van der Waals surface area (Å²) in [6, 6.07) is 6.30. The molecule has 0 saturated heterocycles. The SMILES string of the molecule is CC(C)(C)c1c(CO)nnn1Cc1ccc(F)cc1. The van der Waals surface area contributed by atoms with E-state index in [1.54, 1.807) is 16.8 Å². The van der Waals surface area contributed by atoms with E-state index in [1.165, 1.54) is 12.1 Å². The van der Waals surface area contributed by atoms with Gasteiger partial charge in [-0.2, -0.15) is 0 Å². The number of aliphatic hydroxyl groups is 1. The fourth-order valence-electron chi connectivity index (χ4n) is 2.15. The lowest BCUT2D eigenvalue weighted by atomic mass is 9.90. The van der Waals surface area contributed by atoms with Gasteiger partial charge in [0, 0.05) is 5.41 Å². The van der Waals surface area contributed by atoms with Gasteiger partial charge in [-0.1, -0.05) is 38.1 Å². The van der Waals surface area contributed by atoms with Crippen molar-refractivity contribution in [2.24, 2.45) is 0 Å². The standard InChI is InChI=1S/C14H18FN3O/c1-14(2,3)13-12(9-19)16-17-18(13)8-10-4-6-11(15)7-5-10/h4-7,19H,8-9H2,1-3H3. The Kier molecular flexibility index (Phi) is 3.66. The molecule has 0 unspecified atom stereocenters. The van der Waals surface area contributed by atoms with Gasteiger partial charge in [-0.15, -0.1) is 5.10 Å². The summed E-state index contributed by atoms with van der Waals surface area (Å²) in [6.07, 6.45) is 0. The number of halogens is 1. The van der Waals surface area contributed by atoms with Gasteiger partial charge >= 0.3 is 0 Å². The Bertz CT molecular complexity index is 555. The Hall–Kier alpha value is -1.75. The van der Waals surface area contributed by atoms with Crippen molar-refractivity contribution in [1.82, 2.24) is 15.0 Å². The minimum atomic E-state index is -0.255. The molecule has 2 rings (SSSR count). The van der Waals surface area contributed by atoms with Crippen LogP contribution in [0.25, 0.3) is 0 Å². The second kappa shape index (κ2) is 5.09. The van der Waals surface area contributed by atoms with Crippen LogP contribution in [0.15, 0.2) is 24.3 Å². The van der Waals surface area contributed by atoms with E-state index in [1.807, 2.05) is 20.8 Å². The lowest BCUT2D eigenvalue weighted by Crippen LogP contribution is -2.20. The third kappa shape index (κ3) is 2.98. The van der Waals surface area contributed by atoms with Gasteiger partial charge in [-0.3, -0.25) is 0 Å². The normalized spacial score (nSPS) is 11.8. The Morgan fingerprint density at radius 1 is 1.21 bits per heavy atom. The molecule has 4 nitrogen and oxygen atoms in total. The molecule has 0 spiro atoms. The van der Waals surface area contributed by atoms with Crippen LogP contribution in [0.3, 0.4) is 0 Å². The van der Waals surface area contributed by atoms with Gasteiger partial charge < -0.3 is 5.11 Å². The molecule has 102 valence electrons. The van der Waals surface area contributed by atoms with Gasteiger partial charge in [0.25, 0.3) is 0 Å². The molecule has 1 aromatic heterocycles. The van der Waals surface area contributed by atoms with Gasteiger partial charge in [-0.25, -0.2) is 9.07 Å². The molecular weight excluding hydrogens is 245 g/mol. The largest absolute Gasteiger partial charge is 0.390 e. The monoisotopic (exact) mass is 263 g/mol. The molecule has 1 N–H and O–H groups in total. The van der Waals surface area contributed by atoms with E-state index in [2.05, 4.69) is 10.3 Å². The number of aliphatic hydroxyl groups excluding tert-OH is 1. The molecular formula is C14H18FN3O. The molecule has 0 radical (unpaired) electrons. The van der Waals surface area contributed by atoms with E-state index in [0.29, 0.717) is 12.2 Å². The first-order chi connectivity index (χ1) is 8.91. The van der Waals surface area contributed by atoms with Crippen LogP contribution >= 0.6 is 0 Å². The lowest BCUT2D eigenvalue weighted by Gasteiger charge is -2.21. The first-order valence-corrected chi connectivity index (χ1v) is 6.20. The molecule has 2 aromatic rings. The molecule has 0 saturated carbocycles. The third-order valence-electron chi connectivity index (χ3n) is 2.91. The molecule has 0 fully saturated rings. The Labute approximate surface area is 111 Å². The van der Waals surface area contributed by atoms with Crippen LogP contribution in [0.2, 0.25) is 0 Å². The molecule has 0 atom stereocenters. The zero-order chi connectivity index (χ0) is 14.0. The molecule has 19 heavy (non-hydrogen) atoms. The van der Waals surface area contributed by atoms with E-state index in [0.717, 1.165) is 11.3 Å². The predicted octanol–water partition coefficient (Wildman–Crippen LogP) is 2.26. The maximum Gasteiger partial charge on any atom is 0.123 e. The number of hydrogen-bond donors (Lipinski definition) is 1. The van der Waals surface area contributed by atoms with E-state index in [9.17, 15) is 9.50 Å². The highest BCUT2D eigenvalue weighted by molar-refractivity contribution is 5.22. The smallest absolute Gasteiger partial charge is 0.123 e. The van der Waals surface area contributed by atoms with Crippen LogP contribution < -0.4 is 0 Å². The number of rotatable bonds is 3. The van der Waals surface area contributed by atoms with E-state index in [4.69, 9.17) is 0 Å². The summed E-state index contributed by atoms with van der Waals surface area (Å²) < 4.78 is 14.6. The number of benzene rings is 1. The second-order valence-electron chi connectivity index (χ2n) is 5.58. The van der Waals surface area contributed by atoms with Crippen molar-refractivity contribution >= 4 is 0 Å². The molecule has 0 aliphatic rings. The van der Waals surface area contributed by atoms with Crippen molar-refractivity contribution in [3.8, 4) is 0 Å². The number of hydrogen-bond acceptors (Lipinski definition) is 3. The summed E-state index contributed by atoms with van der Waals surface area (Å²) in [6.45, 7) is 6.53. The van der Waals surface area contributed by atoms with Gasteiger partial charge in [-0.05, 0) is 17.7 Å². The van der Waals surface area contributed by atoms with E-state index in [-0.39, 0.29) is 17.8 Å². The summed E-state index contributed by atoms with van der Waals surface area (Å²) in [5, 5.41) is 17.4. The van der Waals surface area contributed by atoms with E-state index >= 15 is 0 Å². The van der Waals surface area contributed by atoms with Crippen LogP contribution in [-0.4, -0.2) is 20.1 Å². The van der Waals surface area contributed by atoms with Crippen LogP contribution in [0, 0.1) is 5.82 Å². The molecule has 0 aliphatic heterocycles. The fraction of sp³-hybridized carbons (Fsp3) is 0.429. The quantitative estimate of drug-likeness (QED) is 0.924. The maximum absolute atomic E-state index is 12.9. The second-order valence-corrected chi connectivity index (χ2v) is 5.58. The van der Waals surface area contributed by atoms with Gasteiger partial charge in [0.2, 0.25) is 0 Å². The minimum absolute atomic E-state index is 0.129. The zero-order valence-corrected chi connectivity index (χ0v) is 11.4. The van der Waals surface area contributed by atoms with Crippen molar-refractivity contribution in [1.29, 1.82) is 0 Å².